The van der Waals surface area contributed by atoms with Gasteiger partial charge in [-0.25, -0.2) is 4.68 Å². The Hall–Kier alpha value is -1.69. The highest BCUT2D eigenvalue weighted by Crippen LogP contribution is 2.16. The summed E-state index contributed by atoms with van der Waals surface area (Å²) in [5.41, 5.74) is 0.366. The first kappa shape index (κ1) is 11.8. The van der Waals surface area contributed by atoms with Crippen LogP contribution in [0.5, 0.6) is 0 Å². The van der Waals surface area contributed by atoms with E-state index in [0.717, 1.165) is 25.9 Å². The van der Waals surface area contributed by atoms with Gasteiger partial charge in [0.1, 0.15) is 0 Å². The predicted octanol–water partition coefficient (Wildman–Crippen LogP) is 0.118. The van der Waals surface area contributed by atoms with E-state index in [2.05, 4.69) is 27.5 Å². The summed E-state index contributed by atoms with van der Waals surface area (Å²) in [5, 5.41) is 13.9. The molecule has 1 aromatic rings. The molecule has 2 rings (SSSR count). The summed E-state index contributed by atoms with van der Waals surface area (Å²) in [7, 11) is 0. The van der Waals surface area contributed by atoms with E-state index in [4.69, 9.17) is 0 Å². The third kappa shape index (κ3) is 2.91. The van der Waals surface area contributed by atoms with Crippen LogP contribution in [0.3, 0.4) is 0 Å². The van der Waals surface area contributed by atoms with Crippen LogP contribution in [-0.4, -0.2) is 40.5 Å². The highest BCUT2D eigenvalue weighted by Gasteiger charge is 2.18. The molecule has 0 saturated carbocycles. The van der Waals surface area contributed by atoms with Gasteiger partial charge in [0.15, 0.2) is 5.69 Å². The SMILES string of the molecule is C=CCNC(=O)c1cn(C2CCNCC2)nn1. The summed E-state index contributed by atoms with van der Waals surface area (Å²) in [6.45, 7) is 5.96. The van der Waals surface area contributed by atoms with E-state index >= 15 is 0 Å². The third-order valence-electron chi connectivity index (χ3n) is 2.83. The molecule has 0 bridgehead atoms. The Bertz CT molecular complexity index is 394. The van der Waals surface area contributed by atoms with Crippen LogP contribution < -0.4 is 10.6 Å². The van der Waals surface area contributed by atoms with E-state index in [1.165, 1.54) is 0 Å². The second-order valence-corrected chi connectivity index (χ2v) is 4.06. The van der Waals surface area contributed by atoms with Crippen LogP contribution in [0.4, 0.5) is 0 Å². The van der Waals surface area contributed by atoms with Crippen molar-refractivity contribution in [2.45, 2.75) is 18.9 Å². The number of amides is 1. The van der Waals surface area contributed by atoms with Gasteiger partial charge < -0.3 is 10.6 Å². The summed E-state index contributed by atoms with van der Waals surface area (Å²) in [4.78, 5) is 11.6. The molecular weight excluding hydrogens is 218 g/mol. The Morgan fingerprint density at radius 2 is 2.41 bits per heavy atom. The summed E-state index contributed by atoms with van der Waals surface area (Å²) < 4.78 is 1.80. The smallest absolute Gasteiger partial charge is 0.273 e. The van der Waals surface area contributed by atoms with Gasteiger partial charge >= 0.3 is 0 Å². The van der Waals surface area contributed by atoms with Gasteiger partial charge in [0.05, 0.1) is 12.2 Å². The molecule has 2 N–H and O–H groups in total. The van der Waals surface area contributed by atoms with Gasteiger partial charge in [0.25, 0.3) is 5.91 Å². The summed E-state index contributed by atoms with van der Waals surface area (Å²) in [6.07, 6.45) is 5.40. The zero-order chi connectivity index (χ0) is 12.1. The molecule has 92 valence electrons. The molecule has 0 spiro atoms. The van der Waals surface area contributed by atoms with Crippen LogP contribution in [0.15, 0.2) is 18.9 Å². The monoisotopic (exact) mass is 235 g/mol. The molecule has 1 fully saturated rings. The molecule has 0 atom stereocenters. The Morgan fingerprint density at radius 1 is 1.65 bits per heavy atom. The van der Waals surface area contributed by atoms with Crippen LogP contribution in [0, 0.1) is 0 Å². The number of piperidine rings is 1. The second-order valence-electron chi connectivity index (χ2n) is 4.06. The molecule has 1 saturated heterocycles. The van der Waals surface area contributed by atoms with Gasteiger partial charge in [-0.2, -0.15) is 0 Å². The van der Waals surface area contributed by atoms with Gasteiger partial charge in [-0.05, 0) is 25.9 Å². The van der Waals surface area contributed by atoms with Crippen molar-refractivity contribution in [1.82, 2.24) is 25.6 Å². The van der Waals surface area contributed by atoms with E-state index in [9.17, 15) is 4.79 Å². The predicted molar refractivity (Wildman–Crippen MR) is 63.7 cm³/mol. The van der Waals surface area contributed by atoms with Crippen LogP contribution in [0.25, 0.3) is 0 Å². The maximum atomic E-state index is 11.6. The lowest BCUT2D eigenvalue weighted by molar-refractivity contribution is 0.0953. The first-order valence-electron chi connectivity index (χ1n) is 5.83. The van der Waals surface area contributed by atoms with Crippen molar-refractivity contribution in [2.24, 2.45) is 0 Å². The molecule has 1 amide bonds. The fourth-order valence-corrected chi connectivity index (χ4v) is 1.89. The number of hydrogen-bond donors (Lipinski definition) is 2. The normalized spacial score (nSPS) is 16.7. The summed E-state index contributed by atoms with van der Waals surface area (Å²) in [5.74, 6) is -0.204. The minimum absolute atomic E-state index is 0.204. The molecule has 0 unspecified atom stereocenters. The lowest BCUT2D eigenvalue weighted by atomic mass is 10.1. The standard InChI is InChI=1S/C11H17N5O/c1-2-5-13-11(17)10-8-16(15-14-10)9-3-6-12-7-4-9/h2,8-9,12H,1,3-7H2,(H,13,17). The average molecular weight is 235 g/mol. The first-order valence-corrected chi connectivity index (χ1v) is 5.83. The van der Waals surface area contributed by atoms with E-state index in [1.54, 1.807) is 17.0 Å². The van der Waals surface area contributed by atoms with Crippen molar-refractivity contribution >= 4 is 5.91 Å². The molecule has 6 heteroatoms. The van der Waals surface area contributed by atoms with E-state index in [0.29, 0.717) is 18.3 Å². The Kier molecular flexibility index (Phi) is 3.87. The van der Waals surface area contributed by atoms with Crippen LogP contribution >= 0.6 is 0 Å². The van der Waals surface area contributed by atoms with Crippen LogP contribution in [0.1, 0.15) is 29.4 Å². The van der Waals surface area contributed by atoms with Crippen molar-refractivity contribution < 1.29 is 4.79 Å². The van der Waals surface area contributed by atoms with E-state index in [1.807, 2.05) is 0 Å². The summed E-state index contributed by atoms with van der Waals surface area (Å²) >= 11 is 0. The molecule has 0 radical (unpaired) electrons. The van der Waals surface area contributed by atoms with Crippen molar-refractivity contribution in [1.29, 1.82) is 0 Å². The molecule has 2 heterocycles. The first-order chi connectivity index (χ1) is 8.31. The quantitative estimate of drug-likeness (QED) is 0.727. The number of nitrogens with one attached hydrogen (secondary N) is 2. The van der Waals surface area contributed by atoms with Crippen LogP contribution in [-0.2, 0) is 0 Å². The maximum Gasteiger partial charge on any atom is 0.273 e. The second kappa shape index (κ2) is 5.58. The van der Waals surface area contributed by atoms with Crippen molar-refractivity contribution in [3.8, 4) is 0 Å². The maximum absolute atomic E-state index is 11.6. The molecule has 0 aromatic carbocycles. The number of carbonyl (C=O) groups is 1. The van der Waals surface area contributed by atoms with Crippen molar-refractivity contribution in [2.75, 3.05) is 19.6 Å². The van der Waals surface area contributed by atoms with Gasteiger partial charge in [-0.1, -0.05) is 11.3 Å². The van der Waals surface area contributed by atoms with E-state index < -0.39 is 0 Å². The molecule has 6 nitrogen and oxygen atoms in total. The minimum atomic E-state index is -0.204. The third-order valence-corrected chi connectivity index (χ3v) is 2.83. The average Bonchev–Trinajstić information content (AvgIpc) is 2.86. The largest absolute Gasteiger partial charge is 0.347 e. The Labute approximate surface area is 100 Å². The van der Waals surface area contributed by atoms with Gasteiger partial charge in [-0.3, -0.25) is 4.79 Å². The number of rotatable bonds is 4. The van der Waals surface area contributed by atoms with Gasteiger partial charge in [0, 0.05) is 6.54 Å². The van der Waals surface area contributed by atoms with Crippen molar-refractivity contribution in [3.05, 3.63) is 24.5 Å². The number of carbonyl (C=O) groups excluding carboxylic acids is 1. The lowest BCUT2D eigenvalue weighted by Gasteiger charge is -2.22. The number of aromatic nitrogens is 3. The summed E-state index contributed by atoms with van der Waals surface area (Å²) in [6, 6.07) is 0.352. The molecular formula is C11H17N5O. The molecule has 1 aliphatic heterocycles. The van der Waals surface area contributed by atoms with Crippen molar-refractivity contribution in [3.63, 3.8) is 0 Å². The number of hydrogen-bond acceptors (Lipinski definition) is 4. The number of nitrogens with zero attached hydrogens (tertiary/aromatic N) is 3. The molecule has 17 heavy (non-hydrogen) atoms. The Balaban J connectivity index is 1.99. The molecule has 0 aliphatic carbocycles. The van der Waals surface area contributed by atoms with E-state index in [-0.39, 0.29) is 5.91 Å². The topological polar surface area (TPSA) is 71.8 Å². The fraction of sp³-hybridized carbons (Fsp3) is 0.545. The highest BCUT2D eigenvalue weighted by molar-refractivity contribution is 5.91. The lowest BCUT2D eigenvalue weighted by Crippen LogP contribution is -2.29. The fourth-order valence-electron chi connectivity index (χ4n) is 1.89. The van der Waals surface area contributed by atoms with Gasteiger partial charge in [-0.15, -0.1) is 11.7 Å². The molecule has 1 aromatic heterocycles. The zero-order valence-electron chi connectivity index (χ0n) is 9.72. The Morgan fingerprint density at radius 3 is 3.12 bits per heavy atom. The zero-order valence-corrected chi connectivity index (χ0v) is 9.72. The van der Waals surface area contributed by atoms with Crippen LogP contribution in [0.2, 0.25) is 0 Å². The minimum Gasteiger partial charge on any atom is -0.347 e. The van der Waals surface area contributed by atoms with Gasteiger partial charge in [0.2, 0.25) is 0 Å². The highest BCUT2D eigenvalue weighted by atomic mass is 16.2. The molecule has 1 aliphatic rings.